The van der Waals surface area contributed by atoms with Gasteiger partial charge in [0.25, 0.3) is 5.91 Å². The van der Waals surface area contributed by atoms with Crippen molar-refractivity contribution < 1.29 is 28.4 Å². The van der Waals surface area contributed by atoms with E-state index in [0.717, 1.165) is 5.39 Å². The quantitative estimate of drug-likeness (QED) is 0.408. The van der Waals surface area contributed by atoms with Crippen molar-refractivity contribution >= 4 is 40.4 Å². The molecule has 1 aliphatic rings. The molecule has 0 aliphatic carbocycles. The summed E-state index contributed by atoms with van der Waals surface area (Å²) in [6, 6.07) is 5.84. The fraction of sp³-hybridized carbons (Fsp3) is 0.567. The minimum Gasteiger partial charge on any atom is -0.451 e. The number of likely N-dealkylation sites (tertiary alicyclic amines) is 1. The van der Waals surface area contributed by atoms with Crippen LogP contribution in [0.3, 0.4) is 0 Å². The third kappa shape index (κ3) is 8.16. The summed E-state index contributed by atoms with van der Waals surface area (Å²) in [6.45, 7) is 10.9. The highest BCUT2D eigenvalue weighted by molar-refractivity contribution is 6.00. The third-order valence-electron chi connectivity index (χ3n) is 7.17. The zero-order valence-corrected chi connectivity index (χ0v) is 24.3. The van der Waals surface area contributed by atoms with Crippen LogP contribution in [0, 0.1) is 11.8 Å². The number of amides is 4. The molecule has 1 fully saturated rings. The van der Waals surface area contributed by atoms with E-state index in [1.54, 1.807) is 12.1 Å². The summed E-state index contributed by atoms with van der Waals surface area (Å²) in [5.41, 5.74) is 0.572. The lowest BCUT2D eigenvalue weighted by atomic mass is 10.0. The molecule has 3 rings (SSSR count). The maximum atomic E-state index is 13.3. The Morgan fingerprint density at radius 3 is 2.25 bits per heavy atom. The molecular formula is C30H42N4O6. The molecule has 1 aromatic carbocycles. The second-order valence-corrected chi connectivity index (χ2v) is 11.6. The summed E-state index contributed by atoms with van der Waals surface area (Å²) >= 11 is 0. The monoisotopic (exact) mass is 554 g/mol. The normalized spacial score (nSPS) is 19.3. The van der Waals surface area contributed by atoms with Gasteiger partial charge in [-0.1, -0.05) is 45.9 Å². The molecule has 0 saturated carbocycles. The summed E-state index contributed by atoms with van der Waals surface area (Å²) in [7, 11) is 0. The molecule has 3 N–H and O–H groups in total. The van der Waals surface area contributed by atoms with Crippen LogP contribution in [0.15, 0.2) is 34.7 Å². The number of ketones is 2. The first kappa shape index (κ1) is 30.8. The van der Waals surface area contributed by atoms with E-state index in [2.05, 4.69) is 16.0 Å². The van der Waals surface area contributed by atoms with Crippen LogP contribution in [-0.2, 0) is 14.4 Å². The molecule has 2 heterocycles. The lowest BCUT2D eigenvalue weighted by molar-refractivity contribution is -0.129. The molecule has 4 amide bonds. The minimum absolute atomic E-state index is 0.0934. The van der Waals surface area contributed by atoms with Gasteiger partial charge in [0.15, 0.2) is 17.3 Å². The third-order valence-corrected chi connectivity index (χ3v) is 7.17. The SMILES string of the molecule is CC(=O)[C@H](CC(C)C)NC(=O)N1CC(=O)[C@@H](NC(=O)[C@H](CC(C)C)NC(=O)c2cc3ccccc3o2)CC[C@H]1C. The van der Waals surface area contributed by atoms with Crippen molar-refractivity contribution in [2.75, 3.05) is 6.54 Å². The van der Waals surface area contributed by atoms with Crippen molar-refractivity contribution in [3.8, 4) is 0 Å². The number of rotatable bonds is 10. The fourth-order valence-corrected chi connectivity index (χ4v) is 4.91. The Labute approximate surface area is 235 Å². The van der Waals surface area contributed by atoms with Gasteiger partial charge >= 0.3 is 6.03 Å². The molecule has 0 bridgehead atoms. The highest BCUT2D eigenvalue weighted by Gasteiger charge is 2.35. The second kappa shape index (κ2) is 13.6. The van der Waals surface area contributed by atoms with Gasteiger partial charge in [-0.15, -0.1) is 0 Å². The fourth-order valence-electron chi connectivity index (χ4n) is 4.91. The number of carbonyl (C=O) groups is 5. The minimum atomic E-state index is -0.874. The number of urea groups is 1. The topological polar surface area (TPSA) is 138 Å². The lowest BCUT2D eigenvalue weighted by Crippen LogP contribution is -2.54. The largest absolute Gasteiger partial charge is 0.451 e. The molecule has 0 radical (unpaired) electrons. The highest BCUT2D eigenvalue weighted by Crippen LogP contribution is 2.20. The van der Waals surface area contributed by atoms with Crippen LogP contribution in [0.2, 0.25) is 0 Å². The molecule has 218 valence electrons. The van der Waals surface area contributed by atoms with Gasteiger partial charge in [-0.2, -0.15) is 0 Å². The van der Waals surface area contributed by atoms with Crippen molar-refractivity contribution in [2.24, 2.45) is 11.8 Å². The van der Waals surface area contributed by atoms with E-state index in [4.69, 9.17) is 4.42 Å². The Balaban J connectivity index is 1.67. The van der Waals surface area contributed by atoms with Crippen molar-refractivity contribution in [3.05, 3.63) is 36.1 Å². The van der Waals surface area contributed by atoms with Crippen LogP contribution >= 0.6 is 0 Å². The molecule has 10 heteroatoms. The number of benzene rings is 1. The summed E-state index contributed by atoms with van der Waals surface area (Å²) in [6.07, 6.45) is 1.71. The number of para-hydroxylation sites is 1. The number of hydrogen-bond acceptors (Lipinski definition) is 6. The van der Waals surface area contributed by atoms with Gasteiger partial charge in [-0.25, -0.2) is 4.79 Å². The van der Waals surface area contributed by atoms with Crippen LogP contribution in [0.5, 0.6) is 0 Å². The van der Waals surface area contributed by atoms with Gasteiger partial charge in [0.05, 0.1) is 18.6 Å². The van der Waals surface area contributed by atoms with E-state index in [1.807, 2.05) is 52.8 Å². The summed E-state index contributed by atoms with van der Waals surface area (Å²) in [5.74, 6) is -1.01. The van der Waals surface area contributed by atoms with Crippen LogP contribution in [0.25, 0.3) is 11.0 Å². The predicted molar refractivity (Wildman–Crippen MR) is 152 cm³/mol. The Hall–Kier alpha value is -3.69. The molecule has 2 aromatic rings. The van der Waals surface area contributed by atoms with Crippen LogP contribution in [0.4, 0.5) is 4.79 Å². The molecule has 1 saturated heterocycles. The number of nitrogens with zero attached hydrogens (tertiary/aromatic N) is 1. The van der Waals surface area contributed by atoms with Crippen LogP contribution in [0.1, 0.15) is 77.8 Å². The maximum Gasteiger partial charge on any atom is 0.318 e. The molecule has 1 aromatic heterocycles. The van der Waals surface area contributed by atoms with Gasteiger partial charge in [-0.05, 0) is 63.5 Å². The maximum absolute atomic E-state index is 13.3. The molecule has 40 heavy (non-hydrogen) atoms. The summed E-state index contributed by atoms with van der Waals surface area (Å²) in [5, 5.41) is 9.14. The van der Waals surface area contributed by atoms with Crippen molar-refractivity contribution in [1.29, 1.82) is 0 Å². The zero-order valence-electron chi connectivity index (χ0n) is 24.3. The van der Waals surface area contributed by atoms with Gasteiger partial charge in [0, 0.05) is 11.4 Å². The molecular weight excluding hydrogens is 512 g/mol. The Bertz CT molecular complexity index is 1200. The standard InChI is InChI=1S/C30H42N4O6/c1-17(2)13-23(20(6)35)33-30(39)34-16-25(36)22(12-11-19(34)5)31-28(37)24(14-18(3)4)32-29(38)27-15-21-9-7-8-10-26(21)40-27/h7-10,15,17-19,22-24H,11-14,16H2,1-6H3,(H,31,37)(H,32,38)(H,33,39)/t19-,22+,23+,24+/m1/s1. The van der Waals surface area contributed by atoms with E-state index in [0.29, 0.717) is 31.3 Å². The van der Waals surface area contributed by atoms with E-state index in [9.17, 15) is 24.0 Å². The van der Waals surface area contributed by atoms with Gasteiger partial charge < -0.3 is 25.3 Å². The van der Waals surface area contributed by atoms with Crippen LogP contribution < -0.4 is 16.0 Å². The summed E-state index contributed by atoms with van der Waals surface area (Å²) in [4.78, 5) is 66.0. The Morgan fingerprint density at radius 1 is 0.975 bits per heavy atom. The van der Waals surface area contributed by atoms with Gasteiger partial charge in [0.2, 0.25) is 5.91 Å². The number of Topliss-reactive ketones (excluding diaryl/α,β-unsaturated/α-hetero) is 2. The second-order valence-electron chi connectivity index (χ2n) is 11.6. The van der Waals surface area contributed by atoms with Gasteiger partial charge in [-0.3, -0.25) is 19.2 Å². The average Bonchev–Trinajstić information content (AvgIpc) is 3.26. The van der Waals surface area contributed by atoms with Crippen molar-refractivity contribution in [3.63, 3.8) is 0 Å². The van der Waals surface area contributed by atoms with E-state index in [1.165, 1.54) is 11.8 Å². The molecule has 4 atom stereocenters. The molecule has 10 nitrogen and oxygen atoms in total. The van der Waals surface area contributed by atoms with Gasteiger partial charge in [0.1, 0.15) is 11.6 Å². The summed E-state index contributed by atoms with van der Waals surface area (Å²) < 4.78 is 5.65. The molecule has 0 unspecified atom stereocenters. The predicted octanol–water partition coefficient (Wildman–Crippen LogP) is 3.83. The number of nitrogens with one attached hydrogen (secondary N) is 3. The molecule has 0 spiro atoms. The first-order valence-corrected chi connectivity index (χ1v) is 14.1. The molecule has 1 aliphatic heterocycles. The van der Waals surface area contributed by atoms with Crippen molar-refractivity contribution in [1.82, 2.24) is 20.9 Å². The van der Waals surface area contributed by atoms with Crippen molar-refractivity contribution in [2.45, 2.75) is 91.4 Å². The van der Waals surface area contributed by atoms with E-state index < -0.39 is 36.0 Å². The smallest absolute Gasteiger partial charge is 0.318 e. The first-order chi connectivity index (χ1) is 18.8. The number of furan rings is 1. The number of hydrogen-bond donors (Lipinski definition) is 3. The van der Waals surface area contributed by atoms with E-state index >= 15 is 0 Å². The average molecular weight is 555 g/mol. The number of fused-ring (bicyclic) bond motifs is 1. The van der Waals surface area contributed by atoms with Crippen LogP contribution in [-0.4, -0.2) is 65.0 Å². The lowest BCUT2D eigenvalue weighted by Gasteiger charge is -2.29. The zero-order chi connectivity index (χ0) is 29.6. The highest BCUT2D eigenvalue weighted by atomic mass is 16.3. The number of carbonyl (C=O) groups excluding carboxylic acids is 5. The van der Waals surface area contributed by atoms with E-state index in [-0.39, 0.29) is 41.7 Å². The first-order valence-electron chi connectivity index (χ1n) is 14.1. The Kier molecular flexibility index (Phi) is 10.5. The Morgan fingerprint density at radius 2 is 1.62 bits per heavy atom.